The van der Waals surface area contributed by atoms with E-state index < -0.39 is 0 Å². The summed E-state index contributed by atoms with van der Waals surface area (Å²) in [6.45, 7) is 7.84. The molecule has 6 nitrogen and oxygen atoms in total. The van der Waals surface area contributed by atoms with Crippen molar-refractivity contribution in [1.82, 2.24) is 9.88 Å². The van der Waals surface area contributed by atoms with Crippen molar-refractivity contribution in [3.05, 3.63) is 35.7 Å². The van der Waals surface area contributed by atoms with Crippen molar-refractivity contribution in [3.8, 4) is 11.5 Å². The third kappa shape index (κ3) is 4.20. The van der Waals surface area contributed by atoms with Gasteiger partial charge in [-0.05, 0) is 51.8 Å². The molecular formula is C19H25N3O3. The molecule has 0 saturated carbocycles. The van der Waals surface area contributed by atoms with Crippen LogP contribution in [-0.2, 0) is 4.74 Å². The second-order valence-electron chi connectivity index (χ2n) is 6.35. The lowest BCUT2D eigenvalue weighted by Crippen LogP contribution is -2.39. The number of hydrogen-bond acceptors (Lipinski definition) is 4. The molecule has 0 bridgehead atoms. The van der Waals surface area contributed by atoms with Crippen molar-refractivity contribution in [2.75, 3.05) is 25.0 Å². The standard InChI is InChI=1S/C19H25N3O3/c1-4-22(12-17-9-6-10-24-17)19(23)21-16-8-5-7-15(11-16)18-20-13(2)14(3)25-18/h5,7-8,11,17H,4,6,9-10,12H2,1-3H3,(H,21,23)/t17-/m1/s1. The highest BCUT2D eigenvalue weighted by Gasteiger charge is 2.21. The summed E-state index contributed by atoms with van der Waals surface area (Å²) in [5.41, 5.74) is 2.44. The van der Waals surface area contributed by atoms with Gasteiger partial charge in [0.05, 0.1) is 11.8 Å². The van der Waals surface area contributed by atoms with E-state index in [-0.39, 0.29) is 12.1 Å². The molecule has 1 fully saturated rings. The molecule has 1 aromatic carbocycles. The van der Waals surface area contributed by atoms with Gasteiger partial charge in [0.15, 0.2) is 0 Å². The SMILES string of the molecule is CCN(C[C@H]1CCCO1)C(=O)Nc1cccc(-c2nc(C)c(C)o2)c1. The van der Waals surface area contributed by atoms with Crippen LogP contribution in [0.2, 0.25) is 0 Å². The number of aromatic nitrogens is 1. The van der Waals surface area contributed by atoms with Crippen LogP contribution in [0.4, 0.5) is 10.5 Å². The Kier molecular flexibility index (Phi) is 5.38. The number of carbonyl (C=O) groups excluding carboxylic acids is 1. The van der Waals surface area contributed by atoms with Gasteiger partial charge >= 0.3 is 6.03 Å². The van der Waals surface area contributed by atoms with E-state index in [1.807, 2.05) is 45.0 Å². The Bertz CT molecular complexity index is 716. The first-order valence-electron chi connectivity index (χ1n) is 8.78. The van der Waals surface area contributed by atoms with Gasteiger partial charge in [0.25, 0.3) is 0 Å². The lowest BCUT2D eigenvalue weighted by molar-refractivity contribution is 0.0849. The Balaban J connectivity index is 1.69. The fourth-order valence-electron chi connectivity index (χ4n) is 2.92. The Morgan fingerprint density at radius 2 is 2.24 bits per heavy atom. The molecule has 0 radical (unpaired) electrons. The van der Waals surface area contributed by atoms with Crippen molar-refractivity contribution < 1.29 is 13.9 Å². The van der Waals surface area contributed by atoms with Crippen molar-refractivity contribution in [2.45, 2.75) is 39.7 Å². The minimum Gasteiger partial charge on any atom is -0.441 e. The van der Waals surface area contributed by atoms with Crippen LogP contribution >= 0.6 is 0 Å². The maximum atomic E-state index is 12.6. The fourth-order valence-corrected chi connectivity index (χ4v) is 2.92. The smallest absolute Gasteiger partial charge is 0.321 e. The van der Waals surface area contributed by atoms with E-state index in [0.29, 0.717) is 19.0 Å². The number of carbonyl (C=O) groups is 1. The summed E-state index contributed by atoms with van der Waals surface area (Å²) >= 11 is 0. The molecule has 25 heavy (non-hydrogen) atoms. The van der Waals surface area contributed by atoms with Gasteiger partial charge in [0.1, 0.15) is 5.76 Å². The van der Waals surface area contributed by atoms with Crippen LogP contribution in [0, 0.1) is 13.8 Å². The molecule has 1 N–H and O–H groups in total. The molecule has 134 valence electrons. The van der Waals surface area contributed by atoms with Gasteiger partial charge in [0, 0.05) is 30.9 Å². The van der Waals surface area contributed by atoms with Gasteiger partial charge in [-0.15, -0.1) is 0 Å². The molecule has 1 aliphatic rings. The van der Waals surface area contributed by atoms with E-state index in [4.69, 9.17) is 9.15 Å². The fraction of sp³-hybridized carbons (Fsp3) is 0.474. The average molecular weight is 343 g/mol. The molecule has 0 spiro atoms. The number of anilines is 1. The summed E-state index contributed by atoms with van der Waals surface area (Å²) in [6.07, 6.45) is 2.23. The maximum absolute atomic E-state index is 12.6. The highest BCUT2D eigenvalue weighted by Crippen LogP contribution is 2.24. The summed E-state index contributed by atoms with van der Waals surface area (Å²) in [5, 5.41) is 2.96. The summed E-state index contributed by atoms with van der Waals surface area (Å²) in [7, 11) is 0. The van der Waals surface area contributed by atoms with Gasteiger partial charge < -0.3 is 19.4 Å². The summed E-state index contributed by atoms with van der Waals surface area (Å²) in [6, 6.07) is 7.43. The molecule has 6 heteroatoms. The molecule has 2 heterocycles. The molecule has 0 aliphatic carbocycles. The number of oxazole rings is 1. The normalized spacial score (nSPS) is 16.8. The van der Waals surface area contributed by atoms with Crippen molar-refractivity contribution in [3.63, 3.8) is 0 Å². The zero-order valence-electron chi connectivity index (χ0n) is 15.0. The highest BCUT2D eigenvalue weighted by molar-refractivity contribution is 5.90. The zero-order valence-corrected chi connectivity index (χ0v) is 15.0. The molecule has 1 saturated heterocycles. The molecule has 2 aromatic rings. The van der Waals surface area contributed by atoms with E-state index >= 15 is 0 Å². The molecular weight excluding hydrogens is 318 g/mol. The second-order valence-corrected chi connectivity index (χ2v) is 6.35. The Morgan fingerprint density at radius 3 is 2.88 bits per heavy atom. The van der Waals surface area contributed by atoms with Crippen LogP contribution in [0.3, 0.4) is 0 Å². The van der Waals surface area contributed by atoms with Gasteiger partial charge in [0.2, 0.25) is 5.89 Å². The first-order valence-corrected chi connectivity index (χ1v) is 8.78. The lowest BCUT2D eigenvalue weighted by atomic mass is 10.2. The number of aryl methyl sites for hydroxylation is 2. The Labute approximate surface area is 148 Å². The number of nitrogens with zero attached hydrogens (tertiary/aromatic N) is 2. The predicted octanol–water partition coefficient (Wildman–Crippen LogP) is 3.99. The number of amides is 2. The molecule has 3 rings (SSSR count). The third-order valence-corrected chi connectivity index (χ3v) is 4.51. The minimum atomic E-state index is -0.116. The monoisotopic (exact) mass is 343 g/mol. The van der Waals surface area contributed by atoms with Crippen LogP contribution in [0.1, 0.15) is 31.2 Å². The van der Waals surface area contributed by atoms with E-state index in [2.05, 4.69) is 10.3 Å². The number of rotatable bonds is 5. The Hall–Kier alpha value is -2.34. The topological polar surface area (TPSA) is 67.6 Å². The summed E-state index contributed by atoms with van der Waals surface area (Å²) in [5.74, 6) is 1.37. The van der Waals surface area contributed by atoms with E-state index in [0.717, 1.165) is 42.2 Å². The zero-order chi connectivity index (χ0) is 17.8. The number of urea groups is 1. The number of likely N-dealkylation sites (N-methyl/N-ethyl adjacent to an activating group) is 1. The van der Waals surface area contributed by atoms with Crippen LogP contribution in [0.15, 0.2) is 28.7 Å². The maximum Gasteiger partial charge on any atom is 0.321 e. The van der Waals surface area contributed by atoms with E-state index in [9.17, 15) is 4.79 Å². The summed E-state index contributed by atoms with van der Waals surface area (Å²) < 4.78 is 11.3. The van der Waals surface area contributed by atoms with E-state index in [1.165, 1.54) is 0 Å². The van der Waals surface area contributed by atoms with Gasteiger partial charge in [-0.2, -0.15) is 0 Å². The van der Waals surface area contributed by atoms with Gasteiger partial charge in [-0.1, -0.05) is 6.07 Å². The summed E-state index contributed by atoms with van der Waals surface area (Å²) in [4.78, 5) is 18.8. The van der Waals surface area contributed by atoms with E-state index in [1.54, 1.807) is 4.90 Å². The Morgan fingerprint density at radius 1 is 1.40 bits per heavy atom. The predicted molar refractivity (Wildman–Crippen MR) is 96.7 cm³/mol. The van der Waals surface area contributed by atoms with Crippen molar-refractivity contribution in [2.24, 2.45) is 0 Å². The second kappa shape index (κ2) is 7.70. The number of nitrogens with one attached hydrogen (secondary N) is 1. The quantitative estimate of drug-likeness (QED) is 0.891. The van der Waals surface area contributed by atoms with Crippen LogP contribution < -0.4 is 5.32 Å². The molecule has 1 aliphatic heterocycles. The van der Waals surface area contributed by atoms with Crippen LogP contribution in [-0.4, -0.2) is 41.7 Å². The van der Waals surface area contributed by atoms with Gasteiger partial charge in [-0.25, -0.2) is 9.78 Å². The molecule has 2 amide bonds. The largest absolute Gasteiger partial charge is 0.441 e. The number of hydrogen-bond donors (Lipinski definition) is 1. The first-order chi connectivity index (χ1) is 12.1. The number of ether oxygens (including phenoxy) is 1. The average Bonchev–Trinajstić information content (AvgIpc) is 3.23. The lowest BCUT2D eigenvalue weighted by Gasteiger charge is -2.24. The van der Waals surface area contributed by atoms with Gasteiger partial charge in [-0.3, -0.25) is 0 Å². The molecule has 1 atom stereocenters. The first kappa shape index (κ1) is 17.5. The van der Waals surface area contributed by atoms with Crippen LogP contribution in [0.5, 0.6) is 0 Å². The minimum absolute atomic E-state index is 0.116. The third-order valence-electron chi connectivity index (χ3n) is 4.51. The van der Waals surface area contributed by atoms with Crippen LogP contribution in [0.25, 0.3) is 11.5 Å². The van der Waals surface area contributed by atoms with Crippen molar-refractivity contribution in [1.29, 1.82) is 0 Å². The molecule has 0 unspecified atom stereocenters. The van der Waals surface area contributed by atoms with Crippen molar-refractivity contribution >= 4 is 11.7 Å². The highest BCUT2D eigenvalue weighted by atomic mass is 16.5. The molecule has 1 aromatic heterocycles. The number of benzene rings is 1.